The number of methoxy groups -OCH3 is 1. The molecule has 0 spiro atoms. The number of carbonyl (C=O) groups excluding carboxylic acids is 3. The summed E-state index contributed by atoms with van der Waals surface area (Å²) in [5.41, 5.74) is 8.84. The number of aromatic nitrogens is 1. The lowest BCUT2D eigenvalue weighted by molar-refractivity contribution is -0.117. The summed E-state index contributed by atoms with van der Waals surface area (Å²) in [4.78, 5) is 38.4. The van der Waals surface area contributed by atoms with Gasteiger partial charge in [-0.05, 0) is 35.4 Å². The summed E-state index contributed by atoms with van der Waals surface area (Å²) in [6, 6.07) is 12.6. The van der Waals surface area contributed by atoms with Crippen LogP contribution in [0.5, 0.6) is 0 Å². The largest absolute Gasteiger partial charge is 0.383 e. The van der Waals surface area contributed by atoms with Crippen LogP contribution < -0.4 is 16.4 Å². The van der Waals surface area contributed by atoms with Gasteiger partial charge in [-0.25, -0.2) is 0 Å². The van der Waals surface area contributed by atoms with E-state index in [9.17, 15) is 14.4 Å². The van der Waals surface area contributed by atoms with E-state index in [1.807, 2.05) is 30.3 Å². The molecule has 0 aliphatic heterocycles. The number of hydrogen-bond donors (Lipinski definition) is 4. The molecule has 0 bridgehead atoms. The molecule has 8 nitrogen and oxygen atoms in total. The summed E-state index contributed by atoms with van der Waals surface area (Å²) in [7, 11) is 1.54. The van der Waals surface area contributed by atoms with Crippen molar-refractivity contribution in [3.05, 3.63) is 66.4 Å². The van der Waals surface area contributed by atoms with Crippen molar-refractivity contribution < 1.29 is 19.1 Å². The number of primary amides is 1. The third kappa shape index (κ3) is 4.92. The molecular formula is C22H22N4O4. The Balaban J connectivity index is 1.76. The van der Waals surface area contributed by atoms with E-state index in [1.165, 1.54) is 19.3 Å². The Labute approximate surface area is 173 Å². The number of nitrogens with two attached hydrogens (primary N) is 1. The summed E-state index contributed by atoms with van der Waals surface area (Å²) in [6.45, 7) is 0.763. The fourth-order valence-corrected chi connectivity index (χ4v) is 3.05. The smallest absolute Gasteiger partial charge is 0.250 e. The van der Waals surface area contributed by atoms with Crippen molar-refractivity contribution in [3.63, 3.8) is 0 Å². The van der Waals surface area contributed by atoms with Gasteiger partial charge in [0, 0.05) is 43.1 Å². The maximum absolute atomic E-state index is 12.1. The van der Waals surface area contributed by atoms with Gasteiger partial charge in [-0.3, -0.25) is 14.4 Å². The SMILES string of the molecule is COCCNC(=O)C=CC(=O)Nc1cccc(-c2ccc(C(N)=O)c3[nH]ccc23)c1. The summed E-state index contributed by atoms with van der Waals surface area (Å²) in [6.07, 6.45) is 4.08. The van der Waals surface area contributed by atoms with Gasteiger partial charge in [0.05, 0.1) is 17.7 Å². The molecule has 0 aliphatic rings. The maximum atomic E-state index is 12.1. The van der Waals surface area contributed by atoms with Crippen LogP contribution in [0.1, 0.15) is 10.4 Å². The molecule has 0 atom stereocenters. The van der Waals surface area contributed by atoms with Crippen LogP contribution in [-0.4, -0.2) is 43.0 Å². The lowest BCUT2D eigenvalue weighted by atomic mass is 9.98. The first-order valence-electron chi connectivity index (χ1n) is 9.25. The molecule has 30 heavy (non-hydrogen) atoms. The first-order chi connectivity index (χ1) is 14.5. The van der Waals surface area contributed by atoms with E-state index in [0.29, 0.717) is 29.9 Å². The molecule has 3 rings (SSSR count). The van der Waals surface area contributed by atoms with E-state index >= 15 is 0 Å². The summed E-state index contributed by atoms with van der Waals surface area (Å²) in [5, 5.41) is 6.18. The number of aromatic amines is 1. The van der Waals surface area contributed by atoms with Crippen LogP contribution in [-0.2, 0) is 14.3 Å². The summed E-state index contributed by atoms with van der Waals surface area (Å²) < 4.78 is 4.84. The Morgan fingerprint density at radius 2 is 1.90 bits per heavy atom. The number of ether oxygens (including phenoxy) is 1. The number of fused-ring (bicyclic) bond motifs is 1. The average molecular weight is 406 g/mol. The first kappa shape index (κ1) is 20.8. The molecule has 0 unspecified atom stereocenters. The van der Waals surface area contributed by atoms with Crippen LogP contribution in [0.2, 0.25) is 0 Å². The Morgan fingerprint density at radius 3 is 2.67 bits per heavy atom. The van der Waals surface area contributed by atoms with Crippen molar-refractivity contribution in [2.45, 2.75) is 0 Å². The van der Waals surface area contributed by atoms with E-state index in [1.54, 1.807) is 18.3 Å². The highest BCUT2D eigenvalue weighted by Gasteiger charge is 2.12. The Morgan fingerprint density at radius 1 is 1.10 bits per heavy atom. The minimum atomic E-state index is -0.506. The second-order valence-corrected chi connectivity index (χ2v) is 6.48. The molecule has 0 saturated carbocycles. The number of rotatable bonds is 8. The van der Waals surface area contributed by atoms with Crippen LogP contribution in [0.3, 0.4) is 0 Å². The number of amides is 3. The monoisotopic (exact) mass is 406 g/mol. The highest BCUT2D eigenvalue weighted by molar-refractivity contribution is 6.09. The Kier molecular flexibility index (Phi) is 6.61. The second-order valence-electron chi connectivity index (χ2n) is 6.48. The lowest BCUT2D eigenvalue weighted by Crippen LogP contribution is -2.25. The minimum absolute atomic E-state index is 0.367. The van der Waals surface area contributed by atoms with Gasteiger partial charge in [0.2, 0.25) is 11.8 Å². The van der Waals surface area contributed by atoms with Gasteiger partial charge in [-0.2, -0.15) is 0 Å². The molecule has 8 heteroatoms. The second kappa shape index (κ2) is 9.53. The molecule has 0 fully saturated rings. The van der Waals surface area contributed by atoms with Crippen LogP contribution >= 0.6 is 0 Å². The number of hydrogen-bond acceptors (Lipinski definition) is 4. The quantitative estimate of drug-likeness (QED) is 0.338. The third-order valence-corrected chi connectivity index (χ3v) is 4.42. The van der Waals surface area contributed by atoms with E-state index in [2.05, 4.69) is 15.6 Å². The molecule has 1 heterocycles. The van der Waals surface area contributed by atoms with E-state index < -0.39 is 11.8 Å². The zero-order valence-electron chi connectivity index (χ0n) is 16.4. The Bertz CT molecular complexity index is 1120. The number of carbonyl (C=O) groups is 3. The maximum Gasteiger partial charge on any atom is 0.250 e. The molecule has 0 aliphatic carbocycles. The van der Waals surface area contributed by atoms with E-state index in [4.69, 9.17) is 10.5 Å². The number of H-pyrrole nitrogens is 1. The lowest BCUT2D eigenvalue weighted by Gasteiger charge is -2.09. The topological polar surface area (TPSA) is 126 Å². The average Bonchev–Trinajstić information content (AvgIpc) is 3.21. The number of anilines is 1. The van der Waals surface area contributed by atoms with Crippen molar-refractivity contribution >= 4 is 34.3 Å². The number of nitrogens with one attached hydrogen (secondary N) is 3. The predicted octanol–water partition coefficient (Wildman–Crippen LogP) is 2.19. The zero-order chi connectivity index (χ0) is 21.5. The van der Waals surface area contributed by atoms with Gasteiger partial charge < -0.3 is 26.1 Å². The summed E-state index contributed by atoms with van der Waals surface area (Å²) >= 11 is 0. The minimum Gasteiger partial charge on any atom is -0.383 e. The zero-order valence-corrected chi connectivity index (χ0v) is 16.4. The van der Waals surface area contributed by atoms with Crippen molar-refractivity contribution in [1.29, 1.82) is 0 Å². The number of benzene rings is 2. The summed E-state index contributed by atoms with van der Waals surface area (Å²) in [5.74, 6) is -1.31. The molecule has 0 radical (unpaired) electrons. The van der Waals surface area contributed by atoms with Crippen LogP contribution in [0.25, 0.3) is 22.0 Å². The van der Waals surface area contributed by atoms with Gasteiger partial charge >= 0.3 is 0 Å². The molecule has 3 amide bonds. The van der Waals surface area contributed by atoms with Crippen LogP contribution in [0.15, 0.2) is 60.8 Å². The van der Waals surface area contributed by atoms with Gasteiger partial charge in [-0.1, -0.05) is 18.2 Å². The Hall–Kier alpha value is -3.91. The molecule has 3 aromatic rings. The first-order valence-corrected chi connectivity index (χ1v) is 9.25. The molecule has 154 valence electrons. The molecule has 1 aromatic heterocycles. The predicted molar refractivity (Wildman–Crippen MR) is 115 cm³/mol. The van der Waals surface area contributed by atoms with Crippen molar-refractivity contribution in [1.82, 2.24) is 10.3 Å². The fraction of sp³-hybridized carbons (Fsp3) is 0.136. The van der Waals surface area contributed by atoms with Gasteiger partial charge in [0.25, 0.3) is 5.91 Å². The van der Waals surface area contributed by atoms with Crippen LogP contribution in [0, 0.1) is 0 Å². The van der Waals surface area contributed by atoms with Gasteiger partial charge in [-0.15, -0.1) is 0 Å². The van der Waals surface area contributed by atoms with Crippen molar-refractivity contribution in [3.8, 4) is 11.1 Å². The van der Waals surface area contributed by atoms with E-state index in [0.717, 1.165) is 16.5 Å². The molecular weight excluding hydrogens is 384 g/mol. The highest BCUT2D eigenvalue weighted by atomic mass is 16.5. The van der Waals surface area contributed by atoms with E-state index in [-0.39, 0.29) is 5.91 Å². The van der Waals surface area contributed by atoms with Crippen molar-refractivity contribution in [2.24, 2.45) is 5.73 Å². The van der Waals surface area contributed by atoms with Crippen LogP contribution in [0.4, 0.5) is 5.69 Å². The molecule has 5 N–H and O–H groups in total. The third-order valence-electron chi connectivity index (χ3n) is 4.42. The fourth-order valence-electron chi connectivity index (χ4n) is 3.05. The molecule has 0 saturated heterocycles. The van der Waals surface area contributed by atoms with Gasteiger partial charge in [0.1, 0.15) is 0 Å². The highest BCUT2D eigenvalue weighted by Crippen LogP contribution is 2.31. The van der Waals surface area contributed by atoms with Gasteiger partial charge in [0.15, 0.2) is 0 Å². The van der Waals surface area contributed by atoms with Crippen molar-refractivity contribution in [2.75, 3.05) is 25.6 Å². The normalized spacial score (nSPS) is 11.0. The molecule has 2 aromatic carbocycles. The standard InChI is InChI=1S/C22H22N4O4/c1-30-12-11-24-19(27)7-8-20(28)26-15-4-2-3-14(13-15)16-5-6-18(22(23)29)21-17(16)9-10-25-21/h2-10,13,25H,11-12H2,1H3,(H2,23,29)(H,24,27)(H,26,28).